The topological polar surface area (TPSA) is 87.2 Å². The van der Waals surface area contributed by atoms with Crippen molar-refractivity contribution >= 4 is 35.8 Å². The van der Waals surface area contributed by atoms with Crippen molar-refractivity contribution in [1.29, 1.82) is 0 Å². The molecule has 0 aromatic heterocycles. The molecule has 180 valence electrons. The number of nitrogens with zero attached hydrogens (tertiary/aromatic N) is 2. The molecular formula is C24H34IN5O3. The number of halogens is 1. The molecular weight excluding hydrogens is 533 g/mol. The lowest BCUT2D eigenvalue weighted by Gasteiger charge is -2.27. The first kappa shape index (κ1) is 26.9. The third kappa shape index (κ3) is 8.82. The first-order chi connectivity index (χ1) is 15.7. The van der Waals surface area contributed by atoms with Gasteiger partial charge in [-0.2, -0.15) is 0 Å². The minimum atomic E-state index is -0.134. The molecule has 2 aromatic carbocycles. The Labute approximate surface area is 213 Å². The van der Waals surface area contributed by atoms with Gasteiger partial charge in [0.2, 0.25) is 0 Å². The van der Waals surface area contributed by atoms with Crippen molar-refractivity contribution in [2.45, 2.75) is 13.1 Å². The van der Waals surface area contributed by atoms with Gasteiger partial charge in [0.1, 0.15) is 5.75 Å². The second kappa shape index (κ2) is 14.7. The van der Waals surface area contributed by atoms with Crippen LogP contribution in [0, 0.1) is 0 Å². The van der Waals surface area contributed by atoms with Crippen molar-refractivity contribution in [1.82, 2.24) is 20.9 Å². The highest BCUT2D eigenvalue weighted by Gasteiger charge is 2.13. The molecule has 1 fully saturated rings. The summed E-state index contributed by atoms with van der Waals surface area (Å²) in [6.07, 6.45) is 0. The van der Waals surface area contributed by atoms with E-state index in [0.29, 0.717) is 36.9 Å². The summed E-state index contributed by atoms with van der Waals surface area (Å²) in [5, 5.41) is 9.51. The number of nitrogens with one attached hydrogen (secondary N) is 3. The first-order valence-electron chi connectivity index (χ1n) is 10.9. The van der Waals surface area contributed by atoms with Gasteiger partial charge in [0, 0.05) is 51.9 Å². The summed E-state index contributed by atoms with van der Waals surface area (Å²) >= 11 is 0. The zero-order valence-corrected chi connectivity index (χ0v) is 21.6. The molecule has 1 amide bonds. The van der Waals surface area contributed by atoms with E-state index >= 15 is 0 Å². The number of benzene rings is 2. The third-order valence-corrected chi connectivity index (χ3v) is 5.32. The van der Waals surface area contributed by atoms with Crippen LogP contribution < -0.4 is 20.7 Å². The van der Waals surface area contributed by atoms with Gasteiger partial charge >= 0.3 is 0 Å². The fourth-order valence-electron chi connectivity index (χ4n) is 3.51. The summed E-state index contributed by atoms with van der Waals surface area (Å²) in [5.74, 6) is 1.22. The van der Waals surface area contributed by atoms with Crippen molar-refractivity contribution in [3.63, 3.8) is 0 Å². The van der Waals surface area contributed by atoms with Crippen molar-refractivity contribution in [2.24, 2.45) is 4.99 Å². The Kier molecular flexibility index (Phi) is 12.0. The normalized spacial score (nSPS) is 14.2. The zero-order chi connectivity index (χ0) is 22.6. The summed E-state index contributed by atoms with van der Waals surface area (Å²) in [6.45, 7) is 6.16. The highest BCUT2D eigenvalue weighted by atomic mass is 127. The average molecular weight is 567 g/mol. The van der Waals surface area contributed by atoms with Crippen molar-refractivity contribution in [3.05, 3.63) is 65.2 Å². The Morgan fingerprint density at radius 2 is 1.76 bits per heavy atom. The average Bonchev–Trinajstić information content (AvgIpc) is 2.85. The number of rotatable bonds is 9. The number of carbonyl (C=O) groups is 1. The van der Waals surface area contributed by atoms with Crippen LogP contribution in [0.5, 0.6) is 5.75 Å². The number of amides is 1. The largest absolute Gasteiger partial charge is 0.497 e. The molecule has 0 spiro atoms. The Hall–Kier alpha value is -2.37. The van der Waals surface area contributed by atoms with E-state index in [4.69, 9.17) is 9.47 Å². The lowest BCUT2D eigenvalue weighted by Crippen LogP contribution is -2.41. The van der Waals surface area contributed by atoms with E-state index in [0.717, 1.165) is 32.8 Å². The van der Waals surface area contributed by atoms with Gasteiger partial charge in [0.05, 0.1) is 20.3 Å². The van der Waals surface area contributed by atoms with Crippen LogP contribution in [0.25, 0.3) is 0 Å². The van der Waals surface area contributed by atoms with E-state index < -0.39 is 0 Å². The maximum Gasteiger partial charge on any atom is 0.251 e. The summed E-state index contributed by atoms with van der Waals surface area (Å²) in [4.78, 5) is 19.0. The summed E-state index contributed by atoms with van der Waals surface area (Å²) < 4.78 is 10.6. The van der Waals surface area contributed by atoms with Crippen LogP contribution in [0.1, 0.15) is 21.5 Å². The van der Waals surface area contributed by atoms with E-state index in [2.05, 4.69) is 50.1 Å². The van der Waals surface area contributed by atoms with E-state index in [9.17, 15) is 4.79 Å². The fraction of sp³-hybridized carbons (Fsp3) is 0.417. The van der Waals surface area contributed by atoms with Gasteiger partial charge in [-0.05, 0) is 29.3 Å². The van der Waals surface area contributed by atoms with Crippen LogP contribution >= 0.6 is 24.0 Å². The molecule has 8 nitrogen and oxygen atoms in total. The fourth-order valence-corrected chi connectivity index (χ4v) is 3.51. The third-order valence-electron chi connectivity index (χ3n) is 5.32. The molecule has 0 unspecified atom stereocenters. The van der Waals surface area contributed by atoms with Crippen molar-refractivity contribution < 1.29 is 14.3 Å². The summed E-state index contributed by atoms with van der Waals surface area (Å²) in [5.41, 5.74) is 3.12. The maximum atomic E-state index is 12.3. The summed E-state index contributed by atoms with van der Waals surface area (Å²) in [6, 6.07) is 15.6. The Morgan fingerprint density at radius 3 is 2.48 bits per heavy atom. The lowest BCUT2D eigenvalue weighted by atomic mass is 10.1. The molecule has 3 N–H and O–H groups in total. The molecule has 1 aliphatic rings. The zero-order valence-electron chi connectivity index (χ0n) is 19.3. The van der Waals surface area contributed by atoms with Gasteiger partial charge in [0.25, 0.3) is 5.91 Å². The van der Waals surface area contributed by atoms with Crippen molar-refractivity contribution in [3.8, 4) is 5.75 Å². The highest BCUT2D eigenvalue weighted by Crippen LogP contribution is 2.13. The number of aliphatic imine (C=N–C) groups is 1. The van der Waals surface area contributed by atoms with Gasteiger partial charge in [0.15, 0.2) is 5.96 Å². The van der Waals surface area contributed by atoms with E-state index in [1.165, 1.54) is 11.1 Å². The number of morpholine rings is 1. The van der Waals surface area contributed by atoms with Crippen molar-refractivity contribution in [2.75, 3.05) is 53.6 Å². The summed E-state index contributed by atoms with van der Waals surface area (Å²) in [7, 11) is 3.32. The monoisotopic (exact) mass is 567 g/mol. The molecule has 2 aromatic rings. The van der Waals surface area contributed by atoms with E-state index in [1.807, 2.05) is 6.07 Å². The van der Waals surface area contributed by atoms with E-state index in [-0.39, 0.29) is 29.9 Å². The molecule has 0 bridgehead atoms. The number of guanidine groups is 1. The predicted octanol–water partition coefficient (Wildman–Crippen LogP) is 2.24. The molecule has 1 heterocycles. The van der Waals surface area contributed by atoms with Gasteiger partial charge < -0.3 is 25.4 Å². The minimum absolute atomic E-state index is 0. The molecule has 0 radical (unpaired) electrons. The number of hydrogen-bond donors (Lipinski definition) is 3. The van der Waals surface area contributed by atoms with Crippen LogP contribution in [-0.4, -0.2) is 70.3 Å². The Bertz CT molecular complexity index is 903. The molecule has 1 saturated heterocycles. The van der Waals surface area contributed by atoms with Gasteiger partial charge in [-0.25, -0.2) is 0 Å². The quantitative estimate of drug-likeness (QED) is 0.187. The standard InChI is InChI=1S/C24H33N5O3.HI/c1-25-24(27-11-10-26-23(30)19-8-5-9-22(16-19)31-2)28-17-20-6-3-4-7-21(20)18-29-12-14-32-15-13-29;/h3-9,16H,10-15,17-18H2,1-2H3,(H,26,30)(H2,25,27,28);1H. The number of methoxy groups -OCH3 is 1. The van der Waals surface area contributed by atoms with Crippen LogP contribution in [0.15, 0.2) is 53.5 Å². The minimum Gasteiger partial charge on any atom is -0.497 e. The first-order valence-corrected chi connectivity index (χ1v) is 10.9. The molecule has 33 heavy (non-hydrogen) atoms. The molecule has 0 aliphatic carbocycles. The molecule has 0 atom stereocenters. The lowest BCUT2D eigenvalue weighted by molar-refractivity contribution is 0.0341. The molecule has 1 aliphatic heterocycles. The molecule has 9 heteroatoms. The maximum absolute atomic E-state index is 12.3. The second-order valence-corrected chi connectivity index (χ2v) is 7.50. The van der Waals surface area contributed by atoms with Gasteiger partial charge in [-0.1, -0.05) is 30.3 Å². The van der Waals surface area contributed by atoms with Crippen LogP contribution in [0.2, 0.25) is 0 Å². The smallest absolute Gasteiger partial charge is 0.251 e. The Balaban J connectivity index is 0.00000385. The van der Waals surface area contributed by atoms with E-state index in [1.54, 1.807) is 32.4 Å². The van der Waals surface area contributed by atoms with Crippen LogP contribution in [0.4, 0.5) is 0 Å². The number of carbonyl (C=O) groups excluding carboxylic acids is 1. The molecule has 0 saturated carbocycles. The number of hydrogen-bond acceptors (Lipinski definition) is 5. The predicted molar refractivity (Wildman–Crippen MR) is 141 cm³/mol. The van der Waals surface area contributed by atoms with Gasteiger partial charge in [-0.15, -0.1) is 24.0 Å². The van der Waals surface area contributed by atoms with Crippen LogP contribution in [0.3, 0.4) is 0 Å². The van der Waals surface area contributed by atoms with Gasteiger partial charge in [-0.3, -0.25) is 14.7 Å². The highest BCUT2D eigenvalue weighted by molar-refractivity contribution is 14.0. The molecule has 3 rings (SSSR count). The second-order valence-electron chi connectivity index (χ2n) is 7.50. The number of ether oxygens (including phenoxy) is 2. The SMILES string of the molecule is CN=C(NCCNC(=O)c1cccc(OC)c1)NCc1ccccc1CN1CCOCC1.I. The Morgan fingerprint density at radius 1 is 1.03 bits per heavy atom. The van der Waals surface area contributed by atoms with Crippen LogP contribution in [-0.2, 0) is 17.8 Å².